The third-order valence-electron chi connectivity index (χ3n) is 8.19. The molecule has 0 fully saturated rings. The maximum absolute atomic E-state index is 14.5. The SMILES string of the molecule is C=CCCNc1ccc([N+](=O)[O-])cc1C(=O)N(C[C@@H](C)[C@H](CN(C)S(=O)(=O)c1ccc(F)cc1)OCC=C)[C@@H](C)COCc1ccc(OC)cc1. The van der Waals surface area contributed by atoms with Gasteiger partial charge in [0.05, 0.1) is 54.5 Å². The number of sulfonamides is 1. The number of nitrogens with one attached hydrogen (secondary N) is 1. The van der Waals surface area contributed by atoms with Gasteiger partial charge in [0, 0.05) is 50.4 Å². The summed E-state index contributed by atoms with van der Waals surface area (Å²) in [6.45, 7) is 12.0. The van der Waals surface area contributed by atoms with E-state index in [-0.39, 0.29) is 49.1 Å². The van der Waals surface area contributed by atoms with Crippen molar-refractivity contribution in [3.8, 4) is 5.75 Å². The molecule has 51 heavy (non-hydrogen) atoms. The molecule has 0 aliphatic heterocycles. The average Bonchev–Trinajstić information content (AvgIpc) is 3.12. The highest BCUT2D eigenvalue weighted by molar-refractivity contribution is 7.89. The van der Waals surface area contributed by atoms with Crippen LogP contribution in [0.2, 0.25) is 0 Å². The molecule has 3 aromatic rings. The highest BCUT2D eigenvalue weighted by Gasteiger charge is 2.32. The van der Waals surface area contributed by atoms with Crippen molar-refractivity contribution in [1.82, 2.24) is 9.21 Å². The number of nitro benzene ring substituents is 1. The van der Waals surface area contributed by atoms with Gasteiger partial charge in [0.15, 0.2) is 0 Å². The Balaban J connectivity index is 1.94. The molecule has 276 valence electrons. The van der Waals surface area contributed by atoms with E-state index >= 15 is 0 Å². The van der Waals surface area contributed by atoms with Gasteiger partial charge in [-0.05, 0) is 61.4 Å². The van der Waals surface area contributed by atoms with E-state index in [9.17, 15) is 27.7 Å². The maximum Gasteiger partial charge on any atom is 0.270 e. The monoisotopic (exact) mass is 726 g/mol. The predicted octanol–water partition coefficient (Wildman–Crippen LogP) is 6.31. The molecule has 0 aliphatic rings. The number of likely N-dealkylation sites (N-methyl/N-ethyl adjacent to an activating group) is 1. The zero-order chi connectivity index (χ0) is 37.6. The highest BCUT2D eigenvalue weighted by Crippen LogP contribution is 2.27. The topological polar surface area (TPSA) is 141 Å². The van der Waals surface area contributed by atoms with Crippen LogP contribution in [0.5, 0.6) is 5.75 Å². The van der Waals surface area contributed by atoms with Crippen LogP contribution in [0.1, 0.15) is 36.2 Å². The zero-order valence-corrected chi connectivity index (χ0v) is 30.3. The Hall–Kier alpha value is -4.63. The number of hydrogen-bond acceptors (Lipinski definition) is 9. The van der Waals surface area contributed by atoms with Crippen molar-refractivity contribution in [2.45, 2.75) is 43.9 Å². The molecular formula is C37H47FN4O8S. The predicted molar refractivity (Wildman–Crippen MR) is 195 cm³/mol. The second-order valence-electron chi connectivity index (χ2n) is 12.0. The third kappa shape index (κ3) is 11.7. The Kier molecular flexibility index (Phi) is 15.7. The van der Waals surface area contributed by atoms with E-state index < -0.39 is 44.7 Å². The number of non-ortho nitro benzene ring substituents is 1. The van der Waals surface area contributed by atoms with Gasteiger partial charge in [0.2, 0.25) is 10.0 Å². The number of hydrogen-bond donors (Lipinski definition) is 1. The summed E-state index contributed by atoms with van der Waals surface area (Å²) in [6, 6.07) is 15.5. The van der Waals surface area contributed by atoms with Crippen molar-refractivity contribution in [3.05, 3.63) is 119 Å². The van der Waals surface area contributed by atoms with E-state index in [0.717, 1.165) is 22.0 Å². The molecule has 0 saturated heterocycles. The number of carbonyl (C=O) groups is 1. The smallest absolute Gasteiger partial charge is 0.270 e. The lowest BCUT2D eigenvalue weighted by Crippen LogP contribution is -2.48. The first-order valence-electron chi connectivity index (χ1n) is 16.4. The Labute approximate surface area is 299 Å². The lowest BCUT2D eigenvalue weighted by molar-refractivity contribution is -0.384. The maximum atomic E-state index is 14.5. The number of anilines is 1. The number of methoxy groups -OCH3 is 1. The lowest BCUT2D eigenvalue weighted by Gasteiger charge is -2.35. The summed E-state index contributed by atoms with van der Waals surface area (Å²) in [7, 11) is -1.03. The fraction of sp³-hybridized carbons (Fsp3) is 0.378. The molecule has 0 aliphatic carbocycles. The van der Waals surface area contributed by atoms with Crippen LogP contribution in [-0.2, 0) is 26.1 Å². The van der Waals surface area contributed by atoms with Gasteiger partial charge in [-0.1, -0.05) is 31.2 Å². The fourth-order valence-electron chi connectivity index (χ4n) is 5.22. The minimum Gasteiger partial charge on any atom is -0.497 e. The molecule has 3 aromatic carbocycles. The van der Waals surface area contributed by atoms with Gasteiger partial charge in [-0.15, -0.1) is 13.2 Å². The number of benzene rings is 3. The van der Waals surface area contributed by atoms with Crippen molar-refractivity contribution in [1.29, 1.82) is 0 Å². The molecular weight excluding hydrogens is 679 g/mol. The first kappa shape index (κ1) is 40.8. The molecule has 0 spiro atoms. The van der Waals surface area contributed by atoms with Crippen molar-refractivity contribution in [3.63, 3.8) is 0 Å². The molecule has 0 aromatic heterocycles. The molecule has 0 saturated carbocycles. The minimum absolute atomic E-state index is 0.0763. The highest BCUT2D eigenvalue weighted by atomic mass is 32.2. The van der Waals surface area contributed by atoms with Crippen LogP contribution in [0.4, 0.5) is 15.8 Å². The Morgan fingerprint density at radius 3 is 2.33 bits per heavy atom. The van der Waals surface area contributed by atoms with Crippen molar-refractivity contribution in [2.24, 2.45) is 5.92 Å². The van der Waals surface area contributed by atoms with Gasteiger partial charge in [0.1, 0.15) is 11.6 Å². The van der Waals surface area contributed by atoms with E-state index in [4.69, 9.17) is 14.2 Å². The number of ether oxygens (including phenoxy) is 3. The van der Waals surface area contributed by atoms with Crippen LogP contribution < -0.4 is 10.1 Å². The first-order chi connectivity index (χ1) is 24.3. The van der Waals surface area contributed by atoms with Crippen LogP contribution in [0.15, 0.2) is 96.9 Å². The second kappa shape index (κ2) is 19.7. The van der Waals surface area contributed by atoms with E-state index in [1.165, 1.54) is 43.5 Å². The van der Waals surface area contributed by atoms with Crippen molar-refractivity contribution < 1.29 is 36.7 Å². The third-order valence-corrected chi connectivity index (χ3v) is 10.0. The largest absolute Gasteiger partial charge is 0.497 e. The molecule has 0 heterocycles. The molecule has 0 unspecified atom stereocenters. The summed E-state index contributed by atoms with van der Waals surface area (Å²) < 4.78 is 58.7. The Morgan fingerprint density at radius 2 is 1.73 bits per heavy atom. The van der Waals surface area contributed by atoms with Crippen LogP contribution in [0, 0.1) is 21.8 Å². The first-order valence-corrected chi connectivity index (χ1v) is 17.9. The number of halogens is 1. The lowest BCUT2D eigenvalue weighted by atomic mass is 10.0. The molecule has 3 rings (SSSR count). The number of nitro groups is 1. The summed E-state index contributed by atoms with van der Waals surface area (Å²) in [5, 5.41) is 14.9. The quantitative estimate of drug-likeness (QED) is 0.0546. The normalized spacial score (nSPS) is 13.2. The molecule has 12 nitrogen and oxygen atoms in total. The Morgan fingerprint density at radius 1 is 1.04 bits per heavy atom. The fourth-order valence-corrected chi connectivity index (χ4v) is 6.40. The van der Waals surface area contributed by atoms with Gasteiger partial charge >= 0.3 is 0 Å². The summed E-state index contributed by atoms with van der Waals surface area (Å²) in [5.41, 5.74) is 1.16. The molecule has 1 N–H and O–H groups in total. The van der Waals surface area contributed by atoms with E-state index in [0.29, 0.717) is 24.4 Å². The zero-order valence-electron chi connectivity index (χ0n) is 29.5. The van der Waals surface area contributed by atoms with Gasteiger partial charge in [-0.3, -0.25) is 14.9 Å². The average molecular weight is 727 g/mol. The van der Waals surface area contributed by atoms with Crippen LogP contribution in [-0.4, -0.2) is 87.6 Å². The standard InChI is InChI=1S/C37H47FN4O8S/c1-7-9-20-39-35-19-14-31(42(44)45)22-34(35)37(43)41(28(4)25-49-26-29-10-15-32(48-6)16-11-29)23-27(3)36(50-21-8-2)24-40(5)51(46,47)33-17-12-30(38)13-18-33/h7-8,10-19,22,27-28,36,39H,1-2,9,20-21,23-26H2,3-6H3/t27-,28+,36+/m1/s1. The summed E-state index contributed by atoms with van der Waals surface area (Å²) >= 11 is 0. The number of amides is 1. The molecule has 1 amide bonds. The van der Waals surface area contributed by atoms with Crippen LogP contribution in [0.3, 0.4) is 0 Å². The molecule has 3 atom stereocenters. The summed E-state index contributed by atoms with van der Waals surface area (Å²) in [6.07, 6.45) is 3.13. The van der Waals surface area contributed by atoms with Crippen LogP contribution in [0.25, 0.3) is 0 Å². The minimum atomic E-state index is -4.01. The summed E-state index contributed by atoms with van der Waals surface area (Å²) in [5.74, 6) is -0.801. The van der Waals surface area contributed by atoms with Gasteiger partial charge in [0.25, 0.3) is 11.6 Å². The number of carbonyl (C=O) groups excluding carboxylic acids is 1. The van der Waals surface area contributed by atoms with E-state index in [1.54, 1.807) is 18.1 Å². The van der Waals surface area contributed by atoms with Gasteiger partial charge in [-0.25, -0.2) is 12.8 Å². The van der Waals surface area contributed by atoms with Gasteiger partial charge in [-0.2, -0.15) is 4.31 Å². The summed E-state index contributed by atoms with van der Waals surface area (Å²) in [4.78, 5) is 27.1. The molecule has 0 bridgehead atoms. The molecule has 14 heteroatoms. The van der Waals surface area contributed by atoms with E-state index in [2.05, 4.69) is 18.5 Å². The number of nitrogens with zero attached hydrogens (tertiary/aromatic N) is 3. The Bertz CT molecular complexity index is 1720. The van der Waals surface area contributed by atoms with Crippen molar-refractivity contribution in [2.75, 3.05) is 52.3 Å². The van der Waals surface area contributed by atoms with Crippen LogP contribution >= 0.6 is 0 Å². The van der Waals surface area contributed by atoms with Gasteiger partial charge < -0.3 is 24.4 Å². The number of rotatable bonds is 22. The molecule has 0 radical (unpaired) electrons. The van der Waals surface area contributed by atoms with Crippen molar-refractivity contribution >= 4 is 27.3 Å². The second-order valence-corrected chi connectivity index (χ2v) is 14.1. The van der Waals surface area contributed by atoms with E-state index in [1.807, 2.05) is 38.1 Å².